The molecule has 14 heavy (non-hydrogen) atoms. The Morgan fingerprint density at radius 1 is 1.57 bits per heavy atom. The lowest BCUT2D eigenvalue weighted by Crippen LogP contribution is -1.95. The second kappa shape index (κ2) is 5.46. The van der Waals surface area contributed by atoms with Gasteiger partial charge in [0.25, 0.3) is 0 Å². The quantitative estimate of drug-likeness (QED) is 0.454. The molecule has 1 aromatic heterocycles. The second-order valence-electron chi connectivity index (χ2n) is 2.76. The zero-order valence-electron chi connectivity index (χ0n) is 7.95. The van der Waals surface area contributed by atoms with E-state index in [1.54, 1.807) is 18.3 Å². The maximum Gasteiger partial charge on any atom is 0.178 e. The number of ketones is 1. The zero-order valence-corrected chi connectivity index (χ0v) is 8.84. The fourth-order valence-electron chi connectivity index (χ4n) is 0.897. The molecule has 2 nitrogen and oxygen atoms in total. The van der Waals surface area contributed by atoms with Gasteiger partial charge >= 0.3 is 0 Å². The van der Waals surface area contributed by atoms with Gasteiger partial charge in [-0.05, 0) is 12.1 Å². The molecule has 0 radical (unpaired) electrons. The van der Waals surface area contributed by atoms with Gasteiger partial charge in [-0.1, -0.05) is 11.8 Å². The molecule has 0 fully saturated rings. The Morgan fingerprint density at radius 3 is 2.86 bits per heavy atom. The number of nitrogens with zero attached hydrogens (tertiary/aromatic N) is 1. The van der Waals surface area contributed by atoms with Crippen LogP contribution in [0.15, 0.2) is 18.3 Å². The predicted molar refractivity (Wildman–Crippen MR) is 59.6 cm³/mol. The highest BCUT2D eigenvalue weighted by molar-refractivity contribution is 7.80. The van der Waals surface area contributed by atoms with E-state index in [-0.39, 0.29) is 5.78 Å². The molecule has 0 spiro atoms. The summed E-state index contributed by atoms with van der Waals surface area (Å²) in [6.45, 7) is 1.49. The van der Waals surface area contributed by atoms with Crippen LogP contribution in [0.1, 0.15) is 29.4 Å². The zero-order chi connectivity index (χ0) is 10.4. The van der Waals surface area contributed by atoms with Gasteiger partial charge < -0.3 is 0 Å². The minimum absolute atomic E-state index is 0.0279. The van der Waals surface area contributed by atoms with Gasteiger partial charge in [0.2, 0.25) is 0 Å². The van der Waals surface area contributed by atoms with Crippen LogP contribution >= 0.6 is 12.6 Å². The number of thiol groups is 1. The summed E-state index contributed by atoms with van der Waals surface area (Å²) in [5.74, 6) is 6.62. The first kappa shape index (κ1) is 10.8. The van der Waals surface area contributed by atoms with Crippen molar-refractivity contribution in [2.75, 3.05) is 5.75 Å². The number of pyridine rings is 1. The van der Waals surface area contributed by atoms with Crippen molar-refractivity contribution in [1.29, 1.82) is 0 Å². The van der Waals surface area contributed by atoms with Crippen LogP contribution in [0.4, 0.5) is 0 Å². The summed E-state index contributed by atoms with van der Waals surface area (Å²) in [4.78, 5) is 14.9. The summed E-state index contributed by atoms with van der Waals surface area (Å²) < 4.78 is 0. The average molecular weight is 205 g/mol. The average Bonchev–Trinajstić information content (AvgIpc) is 2.19. The third-order valence-electron chi connectivity index (χ3n) is 1.59. The Kier molecular flexibility index (Phi) is 4.21. The lowest BCUT2D eigenvalue weighted by molar-refractivity contribution is 0.101. The van der Waals surface area contributed by atoms with Crippen LogP contribution in [-0.4, -0.2) is 16.5 Å². The van der Waals surface area contributed by atoms with Crippen molar-refractivity contribution in [3.05, 3.63) is 29.6 Å². The molecule has 0 saturated carbocycles. The first-order valence-corrected chi connectivity index (χ1v) is 4.94. The fourth-order valence-corrected chi connectivity index (χ4v) is 1.01. The highest BCUT2D eigenvalue weighted by Gasteiger charge is 1.98. The first-order valence-electron chi connectivity index (χ1n) is 4.31. The van der Waals surface area contributed by atoms with E-state index in [2.05, 4.69) is 29.5 Å². The molecule has 0 N–H and O–H groups in total. The number of carbonyl (C=O) groups excluding carboxylic acids is 1. The minimum Gasteiger partial charge on any atom is -0.293 e. The van der Waals surface area contributed by atoms with Crippen molar-refractivity contribution in [2.24, 2.45) is 0 Å². The van der Waals surface area contributed by atoms with Gasteiger partial charge in [0, 0.05) is 30.9 Å². The molecule has 0 amide bonds. The van der Waals surface area contributed by atoms with E-state index in [1.165, 1.54) is 6.92 Å². The Balaban J connectivity index is 2.75. The van der Waals surface area contributed by atoms with Gasteiger partial charge in [-0.2, -0.15) is 12.6 Å². The van der Waals surface area contributed by atoms with Crippen LogP contribution in [0.2, 0.25) is 0 Å². The summed E-state index contributed by atoms with van der Waals surface area (Å²) in [6, 6.07) is 3.49. The standard InChI is InChI=1S/C11H11NOS/c1-9(13)11-6-5-10(8-12-11)4-2-3-7-14/h5-6,8,14H,3,7H2,1H3. The van der Waals surface area contributed by atoms with Crippen LogP contribution in [0.25, 0.3) is 0 Å². The topological polar surface area (TPSA) is 30.0 Å². The van der Waals surface area contributed by atoms with Gasteiger partial charge in [0.15, 0.2) is 5.78 Å². The van der Waals surface area contributed by atoms with Crippen LogP contribution in [0.5, 0.6) is 0 Å². The number of hydrogen-bond donors (Lipinski definition) is 1. The number of carbonyl (C=O) groups is 1. The molecular formula is C11H11NOS. The number of rotatable bonds is 2. The molecule has 0 atom stereocenters. The Bertz CT molecular complexity index is 373. The van der Waals surface area contributed by atoms with Gasteiger partial charge in [0.1, 0.15) is 5.69 Å². The van der Waals surface area contributed by atoms with E-state index >= 15 is 0 Å². The van der Waals surface area contributed by atoms with Crippen LogP contribution in [-0.2, 0) is 0 Å². The Hall–Kier alpha value is -1.27. The molecule has 1 heterocycles. The Morgan fingerprint density at radius 2 is 2.36 bits per heavy atom. The van der Waals surface area contributed by atoms with Crippen molar-refractivity contribution in [1.82, 2.24) is 4.98 Å². The predicted octanol–water partition coefficient (Wildman–Crippen LogP) is 1.96. The fraction of sp³-hybridized carbons (Fsp3) is 0.273. The maximum atomic E-state index is 10.9. The van der Waals surface area contributed by atoms with E-state index in [0.29, 0.717) is 5.69 Å². The van der Waals surface area contributed by atoms with E-state index in [4.69, 9.17) is 0 Å². The molecule has 0 aliphatic carbocycles. The molecule has 0 unspecified atom stereocenters. The summed E-state index contributed by atoms with van der Waals surface area (Å²) >= 11 is 4.05. The van der Waals surface area contributed by atoms with Crippen molar-refractivity contribution in [3.63, 3.8) is 0 Å². The van der Waals surface area contributed by atoms with E-state index in [9.17, 15) is 4.79 Å². The van der Waals surface area contributed by atoms with Gasteiger partial charge in [0.05, 0.1) is 0 Å². The highest BCUT2D eigenvalue weighted by Crippen LogP contribution is 1.99. The summed E-state index contributed by atoms with van der Waals surface area (Å²) in [6.07, 6.45) is 2.37. The van der Waals surface area contributed by atoms with Crippen molar-refractivity contribution in [2.45, 2.75) is 13.3 Å². The van der Waals surface area contributed by atoms with E-state index < -0.39 is 0 Å². The molecule has 0 saturated heterocycles. The van der Waals surface area contributed by atoms with Crippen LogP contribution < -0.4 is 0 Å². The Labute approximate surface area is 89.2 Å². The molecule has 0 aromatic carbocycles. The lowest BCUT2D eigenvalue weighted by Gasteiger charge is -1.93. The number of hydrogen-bond acceptors (Lipinski definition) is 3. The highest BCUT2D eigenvalue weighted by atomic mass is 32.1. The molecule has 0 aliphatic rings. The van der Waals surface area contributed by atoms with Crippen LogP contribution in [0.3, 0.4) is 0 Å². The molecule has 0 aliphatic heterocycles. The van der Waals surface area contributed by atoms with E-state index in [0.717, 1.165) is 17.7 Å². The smallest absolute Gasteiger partial charge is 0.178 e. The first-order chi connectivity index (χ1) is 6.74. The van der Waals surface area contributed by atoms with Crippen molar-refractivity contribution in [3.8, 4) is 11.8 Å². The largest absolute Gasteiger partial charge is 0.293 e. The molecule has 1 rings (SSSR count). The van der Waals surface area contributed by atoms with Gasteiger partial charge in [-0.3, -0.25) is 9.78 Å². The normalized spacial score (nSPS) is 9.00. The maximum absolute atomic E-state index is 10.9. The van der Waals surface area contributed by atoms with Gasteiger partial charge in [-0.25, -0.2) is 0 Å². The molecule has 3 heteroatoms. The van der Waals surface area contributed by atoms with E-state index in [1.807, 2.05) is 0 Å². The summed E-state index contributed by atoms with van der Waals surface area (Å²) in [5, 5.41) is 0. The molecule has 72 valence electrons. The van der Waals surface area contributed by atoms with Crippen LogP contribution in [0, 0.1) is 11.8 Å². The molecule has 1 aromatic rings. The number of Topliss-reactive ketones (excluding diaryl/α,β-unsaturated/α-hetero) is 1. The monoisotopic (exact) mass is 205 g/mol. The van der Waals surface area contributed by atoms with Gasteiger partial charge in [-0.15, -0.1) is 0 Å². The third kappa shape index (κ3) is 3.23. The lowest BCUT2D eigenvalue weighted by atomic mass is 10.2. The molecular weight excluding hydrogens is 194 g/mol. The molecule has 0 bridgehead atoms. The third-order valence-corrected chi connectivity index (χ3v) is 1.82. The SMILES string of the molecule is CC(=O)c1ccc(C#CCCS)cn1. The summed E-state index contributed by atoms with van der Waals surface area (Å²) in [7, 11) is 0. The number of aromatic nitrogens is 1. The second-order valence-corrected chi connectivity index (χ2v) is 3.21. The van der Waals surface area contributed by atoms with Crippen molar-refractivity contribution >= 4 is 18.4 Å². The minimum atomic E-state index is -0.0279. The van der Waals surface area contributed by atoms with Crippen molar-refractivity contribution < 1.29 is 4.79 Å². The summed E-state index contributed by atoms with van der Waals surface area (Å²) in [5.41, 5.74) is 1.31.